The van der Waals surface area contributed by atoms with E-state index < -0.39 is 0 Å². The molecular formula is C17H19NO2. The average Bonchev–Trinajstić information content (AvgIpc) is 2.53. The van der Waals surface area contributed by atoms with E-state index in [1.165, 1.54) is 11.1 Å². The van der Waals surface area contributed by atoms with Crippen LogP contribution in [0.1, 0.15) is 17.2 Å². The molecule has 0 saturated heterocycles. The van der Waals surface area contributed by atoms with Crippen molar-refractivity contribution in [2.75, 3.05) is 25.6 Å². The Morgan fingerprint density at radius 1 is 1.20 bits per heavy atom. The zero-order valence-electron chi connectivity index (χ0n) is 11.6. The Labute approximate surface area is 119 Å². The summed E-state index contributed by atoms with van der Waals surface area (Å²) in [5.74, 6) is 0.861. The number of fused-ring (bicyclic) bond motifs is 1. The predicted molar refractivity (Wildman–Crippen MR) is 80.3 cm³/mol. The van der Waals surface area contributed by atoms with Crippen LogP contribution in [-0.4, -0.2) is 20.3 Å². The van der Waals surface area contributed by atoms with Gasteiger partial charge in [0.2, 0.25) is 0 Å². The van der Waals surface area contributed by atoms with Crippen LogP contribution in [-0.2, 0) is 11.2 Å². The third kappa shape index (κ3) is 2.78. The van der Waals surface area contributed by atoms with Crippen molar-refractivity contribution in [2.45, 2.75) is 12.5 Å². The third-order valence-corrected chi connectivity index (χ3v) is 3.65. The van der Waals surface area contributed by atoms with E-state index in [0.29, 0.717) is 0 Å². The van der Waals surface area contributed by atoms with Crippen LogP contribution in [0.5, 0.6) is 5.75 Å². The summed E-state index contributed by atoms with van der Waals surface area (Å²) < 4.78 is 11.1. The van der Waals surface area contributed by atoms with Crippen LogP contribution in [0.2, 0.25) is 0 Å². The molecule has 104 valence electrons. The van der Waals surface area contributed by atoms with Gasteiger partial charge in [-0.3, -0.25) is 0 Å². The first-order valence-corrected chi connectivity index (χ1v) is 6.94. The molecule has 1 heterocycles. The highest BCUT2D eigenvalue weighted by atomic mass is 16.5. The summed E-state index contributed by atoms with van der Waals surface area (Å²) in [5, 5.41) is 3.42. The molecule has 20 heavy (non-hydrogen) atoms. The van der Waals surface area contributed by atoms with Crippen molar-refractivity contribution in [3.8, 4) is 5.75 Å². The van der Waals surface area contributed by atoms with Crippen molar-refractivity contribution in [1.29, 1.82) is 0 Å². The van der Waals surface area contributed by atoms with Crippen LogP contribution in [0.3, 0.4) is 0 Å². The number of hydrogen-bond donors (Lipinski definition) is 1. The maximum absolute atomic E-state index is 5.89. The molecule has 0 aromatic heterocycles. The first-order valence-electron chi connectivity index (χ1n) is 6.94. The maximum Gasteiger partial charge on any atom is 0.120 e. The van der Waals surface area contributed by atoms with Gasteiger partial charge < -0.3 is 14.8 Å². The molecule has 0 fully saturated rings. The van der Waals surface area contributed by atoms with E-state index in [0.717, 1.165) is 31.0 Å². The molecule has 2 aromatic rings. The molecule has 0 saturated carbocycles. The van der Waals surface area contributed by atoms with E-state index in [2.05, 4.69) is 29.6 Å². The topological polar surface area (TPSA) is 30.5 Å². The molecule has 0 radical (unpaired) electrons. The van der Waals surface area contributed by atoms with Crippen LogP contribution in [0.25, 0.3) is 0 Å². The zero-order chi connectivity index (χ0) is 13.8. The molecule has 1 unspecified atom stereocenters. The quantitative estimate of drug-likeness (QED) is 0.922. The zero-order valence-corrected chi connectivity index (χ0v) is 11.6. The van der Waals surface area contributed by atoms with Crippen LogP contribution in [0.4, 0.5) is 5.69 Å². The molecule has 0 amide bonds. The lowest BCUT2D eigenvalue weighted by molar-refractivity contribution is 0.0513. The molecule has 3 rings (SSSR count). The molecule has 1 aliphatic heterocycles. The largest absolute Gasteiger partial charge is 0.497 e. The maximum atomic E-state index is 5.89. The standard InChI is InChI=1S/C17H19NO2/c1-19-15-7-4-6-14(11-15)18-12-17-16-8-3-2-5-13(16)9-10-20-17/h2-8,11,17-18H,9-10,12H2,1H3. The van der Waals surface area contributed by atoms with Crippen LogP contribution < -0.4 is 10.1 Å². The van der Waals surface area contributed by atoms with Gasteiger partial charge in [0.25, 0.3) is 0 Å². The van der Waals surface area contributed by atoms with Gasteiger partial charge in [0.05, 0.1) is 19.8 Å². The van der Waals surface area contributed by atoms with E-state index in [9.17, 15) is 0 Å². The van der Waals surface area contributed by atoms with E-state index in [1.807, 2.05) is 24.3 Å². The number of nitrogens with one attached hydrogen (secondary N) is 1. The smallest absolute Gasteiger partial charge is 0.120 e. The summed E-state index contributed by atoms with van der Waals surface area (Å²) in [7, 11) is 1.68. The predicted octanol–water partition coefficient (Wildman–Crippen LogP) is 3.42. The van der Waals surface area contributed by atoms with E-state index in [4.69, 9.17) is 9.47 Å². The Morgan fingerprint density at radius 3 is 3.00 bits per heavy atom. The van der Waals surface area contributed by atoms with E-state index >= 15 is 0 Å². The van der Waals surface area contributed by atoms with E-state index in [1.54, 1.807) is 7.11 Å². The minimum Gasteiger partial charge on any atom is -0.497 e. The SMILES string of the molecule is COc1cccc(NCC2OCCc3ccccc32)c1. The summed E-state index contributed by atoms with van der Waals surface area (Å²) >= 11 is 0. The normalized spacial score (nSPS) is 17.4. The minimum atomic E-state index is 0.117. The van der Waals surface area contributed by atoms with Gasteiger partial charge >= 0.3 is 0 Å². The lowest BCUT2D eigenvalue weighted by atomic mass is 9.97. The van der Waals surface area contributed by atoms with Gasteiger partial charge in [-0.15, -0.1) is 0 Å². The Kier molecular flexibility index (Phi) is 3.88. The second kappa shape index (κ2) is 5.97. The van der Waals surface area contributed by atoms with Gasteiger partial charge in [0.15, 0.2) is 0 Å². The number of hydrogen-bond acceptors (Lipinski definition) is 3. The molecule has 2 aromatic carbocycles. The Balaban J connectivity index is 1.70. The Morgan fingerprint density at radius 2 is 2.10 bits per heavy atom. The van der Waals surface area contributed by atoms with Crippen molar-refractivity contribution in [2.24, 2.45) is 0 Å². The molecule has 3 heteroatoms. The summed E-state index contributed by atoms with van der Waals surface area (Å²) in [6.07, 6.45) is 1.12. The van der Waals surface area contributed by atoms with Gasteiger partial charge in [-0.1, -0.05) is 30.3 Å². The number of anilines is 1. The lowest BCUT2D eigenvalue weighted by Crippen LogP contribution is -2.22. The van der Waals surface area contributed by atoms with Crippen LogP contribution >= 0.6 is 0 Å². The molecular weight excluding hydrogens is 250 g/mol. The van der Waals surface area contributed by atoms with Crippen molar-refractivity contribution in [3.63, 3.8) is 0 Å². The fourth-order valence-corrected chi connectivity index (χ4v) is 2.59. The van der Waals surface area contributed by atoms with Crippen molar-refractivity contribution >= 4 is 5.69 Å². The first-order chi connectivity index (χ1) is 9.86. The van der Waals surface area contributed by atoms with Gasteiger partial charge in [0.1, 0.15) is 5.75 Å². The second-order valence-corrected chi connectivity index (χ2v) is 4.92. The van der Waals surface area contributed by atoms with Crippen molar-refractivity contribution < 1.29 is 9.47 Å². The molecule has 1 aliphatic rings. The van der Waals surface area contributed by atoms with Gasteiger partial charge in [0, 0.05) is 18.3 Å². The van der Waals surface area contributed by atoms with Gasteiger partial charge in [-0.25, -0.2) is 0 Å². The summed E-state index contributed by atoms with van der Waals surface area (Å²) in [4.78, 5) is 0. The average molecular weight is 269 g/mol. The highest BCUT2D eigenvalue weighted by Gasteiger charge is 2.19. The van der Waals surface area contributed by atoms with E-state index in [-0.39, 0.29) is 6.10 Å². The molecule has 1 N–H and O–H groups in total. The minimum absolute atomic E-state index is 0.117. The molecule has 0 spiro atoms. The number of methoxy groups -OCH3 is 1. The molecule has 0 bridgehead atoms. The molecule has 3 nitrogen and oxygen atoms in total. The number of benzene rings is 2. The lowest BCUT2D eigenvalue weighted by Gasteiger charge is -2.26. The van der Waals surface area contributed by atoms with Crippen molar-refractivity contribution in [1.82, 2.24) is 0 Å². The fraction of sp³-hybridized carbons (Fsp3) is 0.294. The van der Waals surface area contributed by atoms with Gasteiger partial charge in [-0.2, -0.15) is 0 Å². The highest BCUT2D eigenvalue weighted by molar-refractivity contribution is 5.48. The molecule has 0 aliphatic carbocycles. The number of rotatable bonds is 4. The van der Waals surface area contributed by atoms with Crippen LogP contribution in [0.15, 0.2) is 48.5 Å². The third-order valence-electron chi connectivity index (χ3n) is 3.65. The highest BCUT2D eigenvalue weighted by Crippen LogP contribution is 2.27. The summed E-state index contributed by atoms with van der Waals surface area (Å²) in [5.41, 5.74) is 3.75. The Bertz CT molecular complexity index is 583. The first kappa shape index (κ1) is 13.0. The van der Waals surface area contributed by atoms with Gasteiger partial charge in [-0.05, 0) is 29.7 Å². The second-order valence-electron chi connectivity index (χ2n) is 4.92. The van der Waals surface area contributed by atoms with Crippen LogP contribution in [0, 0.1) is 0 Å². The molecule has 1 atom stereocenters. The monoisotopic (exact) mass is 269 g/mol. The fourth-order valence-electron chi connectivity index (χ4n) is 2.59. The Hall–Kier alpha value is -2.00. The summed E-state index contributed by atoms with van der Waals surface area (Å²) in [6.45, 7) is 1.56. The summed E-state index contributed by atoms with van der Waals surface area (Å²) in [6, 6.07) is 16.5. The number of ether oxygens (including phenoxy) is 2. The van der Waals surface area contributed by atoms with Crippen molar-refractivity contribution in [3.05, 3.63) is 59.7 Å².